The lowest BCUT2D eigenvalue weighted by molar-refractivity contribution is 0.830. The van der Waals surface area contributed by atoms with Gasteiger partial charge in [0, 0.05) is 49.9 Å². The summed E-state index contributed by atoms with van der Waals surface area (Å²) in [4.78, 5) is 2.65. The minimum atomic E-state index is -3.09. The molecule has 1 aliphatic heterocycles. The topological polar surface area (TPSA) is 13.1 Å². The summed E-state index contributed by atoms with van der Waals surface area (Å²) < 4.78 is 4.95. The van der Waals surface area contributed by atoms with Gasteiger partial charge >= 0.3 is 0 Å². The zero-order valence-corrected chi connectivity index (χ0v) is 36.2. The van der Waals surface area contributed by atoms with Crippen molar-refractivity contribution in [3.05, 3.63) is 248 Å². The van der Waals surface area contributed by atoms with E-state index in [1.54, 1.807) is 0 Å². The molecule has 2 aromatic heterocycles. The fraction of sp³-hybridized carbons (Fsp3) is 0.0333. The number of para-hydroxylation sites is 5. The van der Waals surface area contributed by atoms with Crippen LogP contribution in [-0.4, -0.2) is 23.2 Å². The minimum absolute atomic E-state index is 0.218. The Morgan fingerprint density at radius 2 is 0.891 bits per heavy atom. The van der Waals surface area contributed by atoms with Gasteiger partial charge in [0.25, 0.3) is 0 Å². The number of hydrogen-bond acceptors (Lipinski definition) is 1. The molecule has 0 bridgehead atoms. The summed E-state index contributed by atoms with van der Waals surface area (Å²) in [5.41, 5.74) is 12.4. The van der Waals surface area contributed by atoms with Gasteiger partial charge in [-0.05, 0) is 93.4 Å². The van der Waals surface area contributed by atoms with Crippen LogP contribution in [0, 0.1) is 0 Å². The standard InChI is InChI=1S/C60H43N3Si/c1-5-21-42(22-6-1)61-54-35-16-14-32-49(54)52-41-58-53(40-57(52)61)50-33-15-17-36-55(50)62(58)44-25-19-30-47(39-44)64(45-26-9-3-10-27-45,46-28-11-4-12-29-46)59-38-20-34-51-48-31-13-18-37-56(48)63(60(51)59)43-23-7-2-8-24-43/h1-36,38-41,56H,37H2. The quantitative estimate of drug-likeness (QED) is 0.115. The molecule has 64 heavy (non-hydrogen) atoms. The van der Waals surface area contributed by atoms with Gasteiger partial charge in [-0.15, -0.1) is 0 Å². The van der Waals surface area contributed by atoms with E-state index in [2.05, 4.69) is 257 Å². The smallest absolute Gasteiger partial charge is 0.181 e. The van der Waals surface area contributed by atoms with E-state index >= 15 is 0 Å². The van der Waals surface area contributed by atoms with Gasteiger partial charge < -0.3 is 14.0 Å². The molecule has 0 amide bonds. The second-order valence-electron chi connectivity index (χ2n) is 17.2. The van der Waals surface area contributed by atoms with Crippen LogP contribution in [0.5, 0.6) is 0 Å². The maximum Gasteiger partial charge on any atom is 0.181 e. The molecule has 3 nitrogen and oxygen atoms in total. The van der Waals surface area contributed by atoms with Crippen LogP contribution < -0.4 is 25.6 Å². The monoisotopic (exact) mass is 833 g/mol. The lowest BCUT2D eigenvalue weighted by atomic mass is 9.96. The zero-order valence-electron chi connectivity index (χ0n) is 35.2. The average Bonchev–Trinajstić information content (AvgIpc) is 4.00. The second-order valence-corrected chi connectivity index (χ2v) is 20.9. The van der Waals surface area contributed by atoms with Crippen molar-refractivity contribution in [2.75, 3.05) is 4.90 Å². The van der Waals surface area contributed by atoms with E-state index in [9.17, 15) is 0 Å². The van der Waals surface area contributed by atoms with E-state index in [1.807, 2.05) is 0 Å². The van der Waals surface area contributed by atoms with Crippen molar-refractivity contribution >= 4 is 89.4 Å². The number of fused-ring (bicyclic) bond motifs is 9. The molecular formula is C60H43N3Si. The number of rotatable bonds is 7. The van der Waals surface area contributed by atoms with Crippen molar-refractivity contribution in [2.45, 2.75) is 12.5 Å². The Hall–Kier alpha value is -7.92. The normalized spacial score (nSPS) is 14.7. The molecule has 3 heterocycles. The molecule has 9 aromatic carbocycles. The number of benzene rings is 9. The maximum atomic E-state index is 2.65. The lowest BCUT2D eigenvalue weighted by Crippen LogP contribution is -2.75. The molecule has 0 N–H and O–H groups in total. The van der Waals surface area contributed by atoms with Gasteiger partial charge in [-0.2, -0.15) is 0 Å². The van der Waals surface area contributed by atoms with Gasteiger partial charge in [0.1, 0.15) is 0 Å². The first kappa shape index (κ1) is 36.7. The van der Waals surface area contributed by atoms with Gasteiger partial charge in [-0.3, -0.25) is 0 Å². The minimum Gasteiger partial charge on any atom is -0.333 e. The van der Waals surface area contributed by atoms with Crippen LogP contribution in [-0.2, 0) is 0 Å². The second kappa shape index (κ2) is 14.6. The Morgan fingerprint density at radius 3 is 1.52 bits per heavy atom. The molecule has 302 valence electrons. The third-order valence-corrected chi connectivity index (χ3v) is 18.7. The highest BCUT2D eigenvalue weighted by Gasteiger charge is 2.47. The molecule has 0 fully saturated rings. The molecule has 4 heteroatoms. The number of nitrogens with zero attached hydrogens (tertiary/aromatic N) is 3. The fourth-order valence-electron chi connectivity index (χ4n) is 11.3. The summed E-state index contributed by atoms with van der Waals surface area (Å²) in [6, 6.07) is 84.3. The summed E-state index contributed by atoms with van der Waals surface area (Å²) >= 11 is 0. The van der Waals surface area contributed by atoms with Crippen LogP contribution in [0.2, 0.25) is 0 Å². The fourth-order valence-corrected chi connectivity index (χ4v) is 16.3. The largest absolute Gasteiger partial charge is 0.333 e. The van der Waals surface area contributed by atoms with E-state index in [4.69, 9.17) is 0 Å². The Labute approximate surface area is 373 Å². The van der Waals surface area contributed by atoms with E-state index in [0.717, 1.165) is 17.8 Å². The van der Waals surface area contributed by atoms with E-state index < -0.39 is 8.07 Å². The molecule has 1 atom stereocenters. The molecule has 0 spiro atoms. The highest BCUT2D eigenvalue weighted by Crippen LogP contribution is 2.47. The Balaban J connectivity index is 1.12. The van der Waals surface area contributed by atoms with Gasteiger partial charge in [-0.1, -0.05) is 182 Å². The van der Waals surface area contributed by atoms with Crippen molar-refractivity contribution in [1.29, 1.82) is 0 Å². The van der Waals surface area contributed by atoms with Crippen LogP contribution >= 0.6 is 0 Å². The van der Waals surface area contributed by atoms with E-state index in [-0.39, 0.29) is 6.04 Å². The first-order valence-electron chi connectivity index (χ1n) is 22.4. The number of hydrogen-bond donors (Lipinski definition) is 0. The van der Waals surface area contributed by atoms with E-state index in [1.165, 1.54) is 86.9 Å². The third-order valence-electron chi connectivity index (χ3n) is 13.9. The van der Waals surface area contributed by atoms with Gasteiger partial charge in [-0.25, -0.2) is 0 Å². The first-order chi connectivity index (χ1) is 31.8. The Bertz CT molecular complexity index is 3600. The number of allylic oxidation sites excluding steroid dienone is 2. The lowest BCUT2D eigenvalue weighted by Gasteiger charge is -2.38. The summed E-state index contributed by atoms with van der Waals surface area (Å²) in [6.45, 7) is 0. The van der Waals surface area contributed by atoms with Crippen LogP contribution in [0.1, 0.15) is 12.0 Å². The van der Waals surface area contributed by atoms with Crippen LogP contribution in [0.15, 0.2) is 243 Å². The molecule has 13 rings (SSSR count). The molecular weight excluding hydrogens is 791 g/mol. The summed E-state index contributed by atoms with van der Waals surface area (Å²) in [6.07, 6.45) is 7.89. The van der Waals surface area contributed by atoms with Crippen molar-refractivity contribution in [3.8, 4) is 11.4 Å². The molecule has 0 saturated carbocycles. The predicted molar refractivity (Wildman–Crippen MR) is 273 cm³/mol. The molecule has 1 aliphatic carbocycles. The molecule has 11 aromatic rings. The van der Waals surface area contributed by atoms with Crippen molar-refractivity contribution < 1.29 is 0 Å². The van der Waals surface area contributed by atoms with Gasteiger partial charge in [0.15, 0.2) is 8.07 Å². The van der Waals surface area contributed by atoms with Crippen molar-refractivity contribution in [2.24, 2.45) is 0 Å². The number of aromatic nitrogens is 2. The molecule has 2 aliphatic rings. The van der Waals surface area contributed by atoms with E-state index in [0.29, 0.717) is 0 Å². The summed E-state index contributed by atoms with van der Waals surface area (Å²) in [5.74, 6) is 0. The Morgan fingerprint density at radius 1 is 0.391 bits per heavy atom. The number of anilines is 2. The van der Waals surface area contributed by atoms with Crippen molar-refractivity contribution in [1.82, 2.24) is 9.13 Å². The first-order valence-corrected chi connectivity index (χ1v) is 24.4. The van der Waals surface area contributed by atoms with Gasteiger partial charge in [0.05, 0.1) is 28.1 Å². The van der Waals surface area contributed by atoms with Crippen LogP contribution in [0.3, 0.4) is 0 Å². The van der Waals surface area contributed by atoms with Crippen molar-refractivity contribution in [3.63, 3.8) is 0 Å². The van der Waals surface area contributed by atoms with Gasteiger partial charge in [0.2, 0.25) is 0 Å². The highest BCUT2D eigenvalue weighted by atomic mass is 28.3. The average molecular weight is 834 g/mol. The highest BCUT2D eigenvalue weighted by molar-refractivity contribution is 7.20. The summed E-state index contributed by atoms with van der Waals surface area (Å²) in [5, 5.41) is 10.4. The molecule has 0 radical (unpaired) electrons. The van der Waals surface area contributed by atoms with Crippen LogP contribution in [0.4, 0.5) is 11.4 Å². The molecule has 0 saturated heterocycles. The predicted octanol–water partition coefficient (Wildman–Crippen LogP) is 12.1. The zero-order chi connectivity index (χ0) is 42.2. The van der Waals surface area contributed by atoms with Crippen LogP contribution in [0.25, 0.3) is 60.6 Å². The maximum absolute atomic E-state index is 3.09. The SMILES string of the molecule is C1=CCC2C(=C1)c1cccc([Si](c3ccccc3)(c3ccccc3)c3cccc(-n4c5ccccc5c5cc6c(cc54)c4ccccc4n6-c4ccccc4)c3)c1N2c1ccccc1. The Kier molecular flexibility index (Phi) is 8.37. The summed E-state index contributed by atoms with van der Waals surface area (Å²) in [7, 11) is -3.09. The third kappa shape index (κ3) is 5.33. The molecule has 1 unspecified atom stereocenters.